The van der Waals surface area contributed by atoms with Crippen molar-refractivity contribution in [2.75, 3.05) is 5.73 Å². The summed E-state index contributed by atoms with van der Waals surface area (Å²) in [5.74, 6) is 1.83. The fourth-order valence-electron chi connectivity index (χ4n) is 1.71. The van der Waals surface area contributed by atoms with Gasteiger partial charge in [-0.05, 0) is 39.8 Å². The van der Waals surface area contributed by atoms with E-state index < -0.39 is 0 Å². The van der Waals surface area contributed by atoms with Crippen LogP contribution in [-0.4, -0.2) is 23.3 Å². The molecule has 1 fully saturated rings. The van der Waals surface area contributed by atoms with Crippen molar-refractivity contribution in [2.24, 2.45) is 0 Å². The van der Waals surface area contributed by atoms with Crippen LogP contribution in [0.5, 0.6) is 0 Å². The Labute approximate surface area is 119 Å². The maximum atomic E-state index is 5.85. The van der Waals surface area contributed by atoms with Crippen LogP contribution in [0.1, 0.15) is 33.4 Å². The highest BCUT2D eigenvalue weighted by molar-refractivity contribution is 6.52. The third kappa shape index (κ3) is 2.94. The zero-order valence-electron chi connectivity index (χ0n) is 11.6. The number of rotatable bonds is 2. The summed E-state index contributed by atoms with van der Waals surface area (Å²) in [7, 11) is -0.385. The normalized spacial score (nSPS) is 21.2. The second-order valence-corrected chi connectivity index (χ2v) is 6.02. The van der Waals surface area contributed by atoms with Crippen LogP contribution >= 0.6 is 11.6 Å². The molecule has 4 nitrogen and oxygen atoms in total. The van der Waals surface area contributed by atoms with Crippen molar-refractivity contribution < 1.29 is 9.31 Å². The zero-order chi connectivity index (χ0) is 14.3. The molecule has 2 heterocycles. The van der Waals surface area contributed by atoms with Gasteiger partial charge in [0.05, 0.1) is 27.6 Å². The molecule has 0 atom stereocenters. The van der Waals surface area contributed by atoms with Gasteiger partial charge in [0.15, 0.2) is 0 Å². The van der Waals surface area contributed by atoms with Gasteiger partial charge >= 0.3 is 7.12 Å². The Hall–Kier alpha value is -1.04. The van der Waals surface area contributed by atoms with Crippen LogP contribution < -0.4 is 5.73 Å². The molecular formula is C13H18BClN2O2. The average Bonchev–Trinajstić information content (AvgIpc) is 2.49. The van der Waals surface area contributed by atoms with E-state index in [9.17, 15) is 0 Å². The molecule has 1 aromatic heterocycles. The summed E-state index contributed by atoms with van der Waals surface area (Å²) in [6, 6.07) is 1.71. The molecule has 0 aliphatic carbocycles. The molecule has 1 aromatic rings. The lowest BCUT2D eigenvalue weighted by Crippen LogP contribution is -2.41. The summed E-state index contributed by atoms with van der Waals surface area (Å²) in [5.41, 5.74) is 6.27. The lowest BCUT2D eigenvalue weighted by molar-refractivity contribution is 0.00578. The third-order valence-electron chi connectivity index (χ3n) is 3.60. The minimum Gasteiger partial charge on any atom is -0.400 e. The molecule has 6 heteroatoms. The van der Waals surface area contributed by atoms with Crippen molar-refractivity contribution in [1.82, 2.24) is 4.98 Å². The van der Waals surface area contributed by atoms with Crippen molar-refractivity contribution in [3.05, 3.63) is 29.0 Å². The second-order valence-electron chi connectivity index (χ2n) is 5.61. The van der Waals surface area contributed by atoms with Gasteiger partial charge in [0.2, 0.25) is 0 Å². The standard InChI is InChI=1S/C13H18BClN2O2/c1-12(2)13(3,4)19-14(18-12)6-5-9-7-11(16)10(15)8-17-9/h5-8H,1-4H3,(H2,16,17)/b6-5+. The first kappa shape index (κ1) is 14.4. The summed E-state index contributed by atoms with van der Waals surface area (Å²) >= 11 is 5.82. The quantitative estimate of drug-likeness (QED) is 0.846. The number of pyridine rings is 1. The van der Waals surface area contributed by atoms with Crippen LogP contribution in [0.25, 0.3) is 6.08 Å². The molecular weight excluding hydrogens is 262 g/mol. The first-order chi connectivity index (χ1) is 8.71. The molecule has 0 amide bonds. The predicted molar refractivity (Wildman–Crippen MR) is 78.8 cm³/mol. The SMILES string of the molecule is CC1(C)OB(/C=C/c2cc(N)c(Cl)cn2)OC1(C)C. The van der Waals surface area contributed by atoms with Gasteiger partial charge in [0.1, 0.15) is 0 Å². The van der Waals surface area contributed by atoms with Gasteiger partial charge in [-0.15, -0.1) is 0 Å². The number of nitrogens with two attached hydrogens (primary N) is 1. The van der Waals surface area contributed by atoms with E-state index in [2.05, 4.69) is 4.98 Å². The Morgan fingerprint density at radius 1 is 1.26 bits per heavy atom. The van der Waals surface area contributed by atoms with Crippen LogP contribution in [0.2, 0.25) is 5.02 Å². The molecule has 102 valence electrons. The largest absolute Gasteiger partial charge is 0.487 e. The third-order valence-corrected chi connectivity index (χ3v) is 3.92. The number of halogens is 1. The van der Waals surface area contributed by atoms with E-state index in [4.69, 9.17) is 26.6 Å². The number of hydrogen-bond acceptors (Lipinski definition) is 4. The first-order valence-corrected chi connectivity index (χ1v) is 6.54. The maximum Gasteiger partial charge on any atom is 0.487 e. The molecule has 0 radical (unpaired) electrons. The number of nitrogens with zero attached hydrogens (tertiary/aromatic N) is 1. The first-order valence-electron chi connectivity index (χ1n) is 6.16. The fraction of sp³-hybridized carbons (Fsp3) is 0.462. The van der Waals surface area contributed by atoms with E-state index in [1.54, 1.807) is 6.07 Å². The molecule has 1 aliphatic heterocycles. The molecule has 2 N–H and O–H groups in total. The van der Waals surface area contributed by atoms with Crippen molar-refractivity contribution >= 4 is 30.5 Å². The molecule has 1 saturated heterocycles. The molecule has 19 heavy (non-hydrogen) atoms. The lowest BCUT2D eigenvalue weighted by Gasteiger charge is -2.32. The molecule has 1 aliphatic rings. The van der Waals surface area contributed by atoms with Gasteiger partial charge < -0.3 is 15.0 Å². The minimum atomic E-state index is -0.385. The van der Waals surface area contributed by atoms with Crippen molar-refractivity contribution in [1.29, 1.82) is 0 Å². The highest BCUT2D eigenvalue weighted by Gasteiger charge is 2.49. The van der Waals surface area contributed by atoms with Gasteiger partial charge in [-0.1, -0.05) is 17.6 Å². The van der Waals surface area contributed by atoms with E-state index in [0.717, 1.165) is 5.69 Å². The van der Waals surface area contributed by atoms with Gasteiger partial charge in [-0.3, -0.25) is 4.98 Å². The van der Waals surface area contributed by atoms with Crippen molar-refractivity contribution in [3.8, 4) is 0 Å². The van der Waals surface area contributed by atoms with E-state index in [0.29, 0.717) is 10.7 Å². The van der Waals surface area contributed by atoms with Crippen LogP contribution in [0.15, 0.2) is 18.2 Å². The molecule has 0 unspecified atom stereocenters. The smallest absolute Gasteiger partial charge is 0.400 e. The summed E-state index contributed by atoms with van der Waals surface area (Å²) in [4.78, 5) is 4.16. The molecule has 0 saturated carbocycles. The van der Waals surface area contributed by atoms with Gasteiger partial charge in [0, 0.05) is 6.20 Å². The van der Waals surface area contributed by atoms with Gasteiger partial charge in [-0.2, -0.15) is 0 Å². The van der Waals surface area contributed by atoms with Crippen LogP contribution in [0, 0.1) is 0 Å². The zero-order valence-corrected chi connectivity index (χ0v) is 12.4. The van der Waals surface area contributed by atoms with E-state index in [-0.39, 0.29) is 18.3 Å². The molecule has 2 rings (SSSR count). The summed E-state index contributed by atoms with van der Waals surface area (Å²) in [5, 5.41) is 0.452. The lowest BCUT2D eigenvalue weighted by atomic mass is 9.89. The topological polar surface area (TPSA) is 57.4 Å². The monoisotopic (exact) mass is 280 g/mol. The Morgan fingerprint density at radius 2 is 1.84 bits per heavy atom. The Morgan fingerprint density at radius 3 is 2.37 bits per heavy atom. The predicted octanol–water partition coefficient (Wildman–Crippen LogP) is 2.96. The van der Waals surface area contributed by atoms with Crippen LogP contribution in [-0.2, 0) is 9.31 Å². The average molecular weight is 281 g/mol. The van der Waals surface area contributed by atoms with Crippen molar-refractivity contribution in [3.63, 3.8) is 0 Å². The fourth-order valence-corrected chi connectivity index (χ4v) is 1.81. The van der Waals surface area contributed by atoms with Crippen LogP contribution in [0.3, 0.4) is 0 Å². The van der Waals surface area contributed by atoms with E-state index >= 15 is 0 Å². The van der Waals surface area contributed by atoms with Gasteiger partial charge in [0.25, 0.3) is 0 Å². The van der Waals surface area contributed by atoms with Crippen LogP contribution in [0.4, 0.5) is 5.69 Å². The number of hydrogen-bond donors (Lipinski definition) is 1. The summed E-state index contributed by atoms with van der Waals surface area (Å²) in [6.07, 6.45) is 3.34. The Bertz CT molecular complexity index is 501. The van der Waals surface area contributed by atoms with Crippen molar-refractivity contribution in [2.45, 2.75) is 38.9 Å². The summed E-state index contributed by atoms with van der Waals surface area (Å²) in [6.45, 7) is 8.05. The number of anilines is 1. The maximum absolute atomic E-state index is 5.85. The Kier molecular flexibility index (Phi) is 3.64. The molecule has 0 spiro atoms. The summed E-state index contributed by atoms with van der Waals surface area (Å²) < 4.78 is 11.7. The second kappa shape index (κ2) is 4.82. The van der Waals surface area contributed by atoms with Gasteiger partial charge in [-0.25, -0.2) is 0 Å². The highest BCUT2D eigenvalue weighted by atomic mass is 35.5. The van der Waals surface area contributed by atoms with E-state index in [1.807, 2.05) is 39.7 Å². The number of aromatic nitrogens is 1. The number of nitrogen functional groups attached to an aromatic ring is 1. The Balaban J connectivity index is 2.10. The highest BCUT2D eigenvalue weighted by Crippen LogP contribution is 2.37. The molecule has 0 bridgehead atoms. The molecule has 0 aromatic carbocycles. The van der Waals surface area contributed by atoms with E-state index in [1.165, 1.54) is 6.20 Å². The minimum absolute atomic E-state index is 0.339.